The van der Waals surface area contributed by atoms with Gasteiger partial charge in [0.2, 0.25) is 0 Å². The second-order valence-electron chi connectivity index (χ2n) is 6.18. The van der Waals surface area contributed by atoms with Crippen molar-refractivity contribution in [2.45, 2.75) is 39.2 Å². The van der Waals surface area contributed by atoms with E-state index in [1.807, 2.05) is 0 Å². The molecule has 0 heterocycles. The minimum Gasteiger partial charge on any atom is -0.740 e. The summed E-state index contributed by atoms with van der Waals surface area (Å²) in [5.41, 5.74) is -1.39. The quantitative estimate of drug-likeness (QED) is 0.553. The molecule has 0 saturated heterocycles. The summed E-state index contributed by atoms with van der Waals surface area (Å²) in [5, 5.41) is 0. The highest BCUT2D eigenvalue weighted by molar-refractivity contribution is 7.74. The lowest BCUT2D eigenvalue weighted by Crippen LogP contribution is -2.24. The Morgan fingerprint density at radius 1 is 1.08 bits per heavy atom. The third kappa shape index (κ3) is 8.03. The lowest BCUT2D eigenvalue weighted by molar-refractivity contribution is -0.0467. The molecule has 0 aliphatic rings. The van der Waals surface area contributed by atoms with Gasteiger partial charge in [-0.05, 0) is 39.0 Å². The summed E-state index contributed by atoms with van der Waals surface area (Å²) in [7, 11) is 0. The molecule has 10 heteroatoms. The van der Waals surface area contributed by atoms with Crippen LogP contribution in [0, 0.1) is 0 Å². The second kappa shape index (κ2) is 7.87. The standard InChI is InChI=1S/C15H18F2O7S/c1-14(2,3)23-13(19)10-5-9(6-11(7-10)24-25(20)21)12(18)22-8-15(4,16)17/h5-7H,8H2,1-4H3,(H,20,21)/p-1. The lowest BCUT2D eigenvalue weighted by Gasteiger charge is -2.20. The molecule has 0 bridgehead atoms. The second-order valence-corrected chi connectivity index (χ2v) is 6.76. The van der Waals surface area contributed by atoms with E-state index in [4.69, 9.17) is 4.74 Å². The van der Waals surface area contributed by atoms with Crippen LogP contribution in [0.4, 0.5) is 8.78 Å². The van der Waals surface area contributed by atoms with Crippen LogP contribution in [0.1, 0.15) is 48.4 Å². The van der Waals surface area contributed by atoms with Crippen LogP contribution >= 0.6 is 0 Å². The van der Waals surface area contributed by atoms with Crippen LogP contribution in [0.15, 0.2) is 18.2 Å². The number of rotatable bonds is 6. The number of carbonyl (C=O) groups excluding carboxylic acids is 2. The maximum absolute atomic E-state index is 12.8. The minimum atomic E-state index is -3.24. The number of carbonyl (C=O) groups is 2. The van der Waals surface area contributed by atoms with Gasteiger partial charge in [-0.3, -0.25) is 0 Å². The highest BCUT2D eigenvalue weighted by Crippen LogP contribution is 2.22. The van der Waals surface area contributed by atoms with E-state index in [9.17, 15) is 27.1 Å². The first-order chi connectivity index (χ1) is 11.3. The van der Waals surface area contributed by atoms with E-state index in [0.717, 1.165) is 18.2 Å². The normalized spacial score (nSPS) is 13.1. The molecule has 0 N–H and O–H groups in total. The Morgan fingerprint density at radius 2 is 1.60 bits per heavy atom. The molecule has 1 atom stereocenters. The van der Waals surface area contributed by atoms with Gasteiger partial charge >= 0.3 is 11.9 Å². The zero-order valence-corrected chi connectivity index (χ0v) is 14.8. The Kier molecular flexibility index (Phi) is 6.61. The van der Waals surface area contributed by atoms with E-state index in [1.54, 1.807) is 20.8 Å². The molecule has 0 radical (unpaired) electrons. The predicted octanol–water partition coefficient (Wildman–Crippen LogP) is 2.63. The summed E-state index contributed by atoms with van der Waals surface area (Å²) in [6.07, 6.45) is 0. The Bertz CT molecular complexity index is 677. The Morgan fingerprint density at radius 3 is 2.04 bits per heavy atom. The Hall–Kier alpha value is -2.07. The Labute approximate surface area is 145 Å². The van der Waals surface area contributed by atoms with Crippen molar-refractivity contribution in [3.05, 3.63) is 29.3 Å². The monoisotopic (exact) mass is 379 g/mol. The smallest absolute Gasteiger partial charge is 0.338 e. The number of alkyl halides is 2. The average molecular weight is 379 g/mol. The maximum Gasteiger partial charge on any atom is 0.338 e. The van der Waals surface area contributed by atoms with E-state index in [0.29, 0.717) is 6.92 Å². The largest absolute Gasteiger partial charge is 0.740 e. The first-order valence-corrected chi connectivity index (χ1v) is 7.98. The average Bonchev–Trinajstić information content (AvgIpc) is 2.41. The van der Waals surface area contributed by atoms with Crippen LogP contribution in [0.25, 0.3) is 0 Å². The molecule has 25 heavy (non-hydrogen) atoms. The van der Waals surface area contributed by atoms with Crippen LogP contribution in [0.5, 0.6) is 5.75 Å². The molecule has 1 aromatic rings. The van der Waals surface area contributed by atoms with Crippen molar-refractivity contribution >= 4 is 23.3 Å². The minimum absolute atomic E-state index is 0.201. The van der Waals surface area contributed by atoms with Crippen LogP contribution in [-0.4, -0.2) is 38.8 Å². The van der Waals surface area contributed by atoms with Gasteiger partial charge in [0.15, 0.2) is 6.61 Å². The van der Waals surface area contributed by atoms with Gasteiger partial charge in [0.1, 0.15) is 22.7 Å². The van der Waals surface area contributed by atoms with Gasteiger partial charge in [-0.15, -0.1) is 0 Å². The van der Waals surface area contributed by atoms with Gasteiger partial charge in [-0.25, -0.2) is 22.6 Å². The summed E-state index contributed by atoms with van der Waals surface area (Å²) in [6.45, 7) is 4.21. The fourth-order valence-electron chi connectivity index (χ4n) is 1.57. The predicted molar refractivity (Wildman–Crippen MR) is 82.1 cm³/mol. The topological polar surface area (TPSA) is 102 Å². The number of halogens is 2. The van der Waals surface area contributed by atoms with Gasteiger partial charge in [-0.2, -0.15) is 0 Å². The van der Waals surface area contributed by atoms with Crippen molar-refractivity contribution in [3.8, 4) is 5.75 Å². The number of hydrogen-bond acceptors (Lipinski definition) is 7. The van der Waals surface area contributed by atoms with Crippen LogP contribution in [-0.2, 0) is 20.8 Å². The van der Waals surface area contributed by atoms with Crippen molar-refractivity contribution in [3.63, 3.8) is 0 Å². The van der Waals surface area contributed by atoms with Gasteiger partial charge in [0.25, 0.3) is 5.92 Å². The molecular formula is C15H17F2O7S-. The van der Waals surface area contributed by atoms with Crippen LogP contribution in [0.3, 0.4) is 0 Å². The fourth-order valence-corrected chi connectivity index (χ4v) is 1.83. The van der Waals surface area contributed by atoms with Gasteiger partial charge in [0.05, 0.1) is 11.1 Å². The molecule has 0 aromatic heterocycles. The summed E-state index contributed by atoms with van der Waals surface area (Å²) >= 11 is -2.97. The summed E-state index contributed by atoms with van der Waals surface area (Å²) in [6, 6.07) is 3.01. The first-order valence-electron chi connectivity index (χ1n) is 6.98. The lowest BCUT2D eigenvalue weighted by atomic mass is 10.1. The number of hydrogen-bond donors (Lipinski definition) is 0. The van der Waals surface area contributed by atoms with Crippen LogP contribution in [0.2, 0.25) is 0 Å². The van der Waals surface area contributed by atoms with E-state index in [2.05, 4.69) is 8.92 Å². The van der Waals surface area contributed by atoms with Crippen molar-refractivity contribution in [2.24, 2.45) is 0 Å². The number of benzene rings is 1. The van der Waals surface area contributed by atoms with Crippen molar-refractivity contribution in [2.75, 3.05) is 6.61 Å². The molecule has 0 spiro atoms. The summed E-state index contributed by atoms with van der Waals surface area (Å²) in [5.74, 6) is -5.64. The Balaban J connectivity index is 3.15. The van der Waals surface area contributed by atoms with E-state index in [1.165, 1.54) is 0 Å². The van der Waals surface area contributed by atoms with E-state index in [-0.39, 0.29) is 16.9 Å². The molecule has 1 aromatic carbocycles. The van der Waals surface area contributed by atoms with Gasteiger partial charge < -0.3 is 18.2 Å². The van der Waals surface area contributed by atoms with Crippen molar-refractivity contribution in [1.82, 2.24) is 0 Å². The summed E-state index contributed by atoms with van der Waals surface area (Å²) in [4.78, 5) is 24.0. The molecule has 0 fully saturated rings. The highest BCUT2D eigenvalue weighted by Gasteiger charge is 2.25. The van der Waals surface area contributed by atoms with Crippen molar-refractivity contribution in [1.29, 1.82) is 0 Å². The molecule has 0 aliphatic heterocycles. The fraction of sp³-hybridized carbons (Fsp3) is 0.467. The molecule has 0 amide bonds. The zero-order valence-electron chi connectivity index (χ0n) is 14.0. The van der Waals surface area contributed by atoms with Gasteiger partial charge in [0, 0.05) is 6.92 Å². The SMILES string of the molecule is CC(F)(F)COC(=O)c1cc(OS(=O)[O-])cc(C(=O)OC(C)(C)C)c1. The molecule has 1 rings (SSSR count). The summed E-state index contributed by atoms with van der Waals surface area (Å²) < 4.78 is 60.9. The molecule has 1 unspecified atom stereocenters. The number of esters is 2. The highest BCUT2D eigenvalue weighted by atomic mass is 32.2. The third-order valence-electron chi connectivity index (χ3n) is 2.40. The van der Waals surface area contributed by atoms with E-state index >= 15 is 0 Å². The van der Waals surface area contributed by atoms with E-state index < -0.39 is 41.4 Å². The molecule has 0 saturated carbocycles. The number of ether oxygens (including phenoxy) is 2. The molecular weight excluding hydrogens is 362 g/mol. The maximum atomic E-state index is 12.8. The van der Waals surface area contributed by atoms with Gasteiger partial charge in [-0.1, -0.05) is 0 Å². The molecule has 0 aliphatic carbocycles. The van der Waals surface area contributed by atoms with Crippen molar-refractivity contribution < 1.29 is 40.8 Å². The zero-order chi connectivity index (χ0) is 19.4. The van der Waals surface area contributed by atoms with Crippen LogP contribution < -0.4 is 4.18 Å². The molecule has 7 nitrogen and oxygen atoms in total. The molecule has 140 valence electrons. The first kappa shape index (κ1) is 21.0. The third-order valence-corrected chi connectivity index (χ3v) is 2.73.